The van der Waals surface area contributed by atoms with E-state index in [1.807, 2.05) is 25.1 Å². The number of ether oxygens (including phenoxy) is 1. The predicted octanol–water partition coefficient (Wildman–Crippen LogP) is 3.50. The molecule has 2 aromatic rings. The minimum Gasteiger partial charge on any atom is -0.492 e. The van der Waals surface area contributed by atoms with Gasteiger partial charge in [-0.3, -0.25) is 9.78 Å². The molecule has 98 valence electrons. The highest BCUT2D eigenvalue weighted by molar-refractivity contribution is 9.10. The number of nitrogens with one attached hydrogen (secondary N) is 1. The van der Waals surface area contributed by atoms with E-state index in [9.17, 15) is 4.79 Å². The average molecular weight is 321 g/mol. The Morgan fingerprint density at radius 1 is 1.37 bits per heavy atom. The third-order valence-electron chi connectivity index (χ3n) is 2.40. The summed E-state index contributed by atoms with van der Waals surface area (Å²) < 4.78 is 6.22. The zero-order valence-electron chi connectivity index (χ0n) is 10.4. The maximum Gasteiger partial charge on any atom is 0.257 e. The van der Waals surface area contributed by atoms with Gasteiger partial charge in [-0.05, 0) is 41.1 Å². The van der Waals surface area contributed by atoms with E-state index in [0.29, 0.717) is 23.6 Å². The Morgan fingerprint density at radius 2 is 2.16 bits per heavy atom. The molecule has 0 bridgehead atoms. The fourth-order valence-corrected chi connectivity index (χ4v) is 1.95. The van der Waals surface area contributed by atoms with Crippen molar-refractivity contribution in [1.29, 1.82) is 0 Å². The van der Waals surface area contributed by atoms with Crippen molar-refractivity contribution in [2.75, 3.05) is 11.9 Å². The maximum atomic E-state index is 12.1. The van der Waals surface area contributed by atoms with Gasteiger partial charge in [0, 0.05) is 16.9 Å². The molecule has 0 spiro atoms. The van der Waals surface area contributed by atoms with Crippen LogP contribution in [0.25, 0.3) is 0 Å². The van der Waals surface area contributed by atoms with E-state index < -0.39 is 0 Å². The third kappa shape index (κ3) is 3.54. The van der Waals surface area contributed by atoms with Crippen LogP contribution in [-0.4, -0.2) is 17.5 Å². The van der Waals surface area contributed by atoms with E-state index in [1.165, 1.54) is 6.20 Å². The largest absolute Gasteiger partial charge is 0.492 e. The second-order valence-electron chi connectivity index (χ2n) is 3.78. The monoisotopic (exact) mass is 320 g/mol. The van der Waals surface area contributed by atoms with E-state index in [2.05, 4.69) is 26.2 Å². The number of hydrogen-bond acceptors (Lipinski definition) is 3. The molecule has 0 radical (unpaired) electrons. The number of rotatable bonds is 4. The number of anilines is 1. The van der Waals surface area contributed by atoms with Gasteiger partial charge in [-0.1, -0.05) is 12.1 Å². The molecule has 0 atom stereocenters. The van der Waals surface area contributed by atoms with Crippen molar-refractivity contribution in [3.8, 4) is 5.75 Å². The fourth-order valence-electron chi connectivity index (χ4n) is 1.58. The van der Waals surface area contributed by atoms with Crippen molar-refractivity contribution < 1.29 is 9.53 Å². The Bertz CT molecular complexity index is 587. The van der Waals surface area contributed by atoms with Crippen LogP contribution in [-0.2, 0) is 0 Å². The van der Waals surface area contributed by atoms with Crippen molar-refractivity contribution >= 4 is 27.5 Å². The number of halogens is 1. The van der Waals surface area contributed by atoms with Crippen LogP contribution in [0.3, 0.4) is 0 Å². The van der Waals surface area contributed by atoms with E-state index in [-0.39, 0.29) is 5.91 Å². The number of hydrogen-bond donors (Lipinski definition) is 1. The van der Waals surface area contributed by atoms with Gasteiger partial charge in [0.15, 0.2) is 0 Å². The summed E-state index contributed by atoms with van der Waals surface area (Å²) in [6.07, 6.45) is 3.15. The van der Waals surface area contributed by atoms with Gasteiger partial charge in [-0.25, -0.2) is 0 Å². The standard InChI is InChI=1S/C14H13BrN2O2/c1-2-19-13-6-4-3-5-12(13)17-14(18)10-7-11(15)9-16-8-10/h3-9H,2H2,1H3,(H,17,18). The molecule has 1 aromatic carbocycles. The molecule has 0 aliphatic carbocycles. The zero-order chi connectivity index (χ0) is 13.7. The number of aromatic nitrogens is 1. The van der Waals surface area contributed by atoms with Crippen molar-refractivity contribution in [2.45, 2.75) is 6.92 Å². The van der Waals surface area contributed by atoms with Gasteiger partial charge in [0.25, 0.3) is 5.91 Å². The summed E-state index contributed by atoms with van der Waals surface area (Å²) in [5.41, 5.74) is 1.13. The molecule has 1 N–H and O–H groups in total. The topological polar surface area (TPSA) is 51.2 Å². The first-order valence-corrected chi connectivity index (χ1v) is 6.63. The van der Waals surface area contributed by atoms with Gasteiger partial charge < -0.3 is 10.1 Å². The minimum atomic E-state index is -0.221. The van der Waals surface area contributed by atoms with Crippen molar-refractivity contribution in [3.63, 3.8) is 0 Å². The van der Waals surface area contributed by atoms with Gasteiger partial charge in [0.05, 0.1) is 17.9 Å². The normalized spacial score (nSPS) is 10.0. The summed E-state index contributed by atoms with van der Waals surface area (Å²) in [6, 6.07) is 9.04. The third-order valence-corrected chi connectivity index (χ3v) is 2.84. The Hall–Kier alpha value is -1.88. The van der Waals surface area contributed by atoms with Crippen LogP contribution in [0.4, 0.5) is 5.69 Å². The van der Waals surface area contributed by atoms with E-state index in [0.717, 1.165) is 4.47 Å². The average Bonchev–Trinajstić information content (AvgIpc) is 2.41. The Kier molecular flexibility index (Phi) is 4.52. The molecule has 0 fully saturated rings. The summed E-state index contributed by atoms with van der Waals surface area (Å²) >= 11 is 3.29. The van der Waals surface area contributed by atoms with Crippen LogP contribution < -0.4 is 10.1 Å². The molecule has 0 unspecified atom stereocenters. The quantitative estimate of drug-likeness (QED) is 0.938. The lowest BCUT2D eigenvalue weighted by molar-refractivity contribution is 0.102. The van der Waals surface area contributed by atoms with Gasteiger partial charge in [0.1, 0.15) is 5.75 Å². The number of amides is 1. The second kappa shape index (κ2) is 6.33. The Morgan fingerprint density at radius 3 is 2.89 bits per heavy atom. The lowest BCUT2D eigenvalue weighted by Crippen LogP contribution is -2.13. The number of benzene rings is 1. The molecule has 1 aromatic heterocycles. The Labute approximate surface area is 119 Å². The van der Waals surface area contributed by atoms with E-state index in [4.69, 9.17) is 4.74 Å². The number of carbonyl (C=O) groups is 1. The predicted molar refractivity (Wildman–Crippen MR) is 77.5 cm³/mol. The molecule has 19 heavy (non-hydrogen) atoms. The first-order chi connectivity index (χ1) is 9.20. The first-order valence-electron chi connectivity index (χ1n) is 5.84. The van der Waals surface area contributed by atoms with Gasteiger partial charge in [-0.15, -0.1) is 0 Å². The van der Waals surface area contributed by atoms with Gasteiger partial charge >= 0.3 is 0 Å². The molecule has 4 nitrogen and oxygen atoms in total. The number of carbonyl (C=O) groups excluding carboxylic acids is 1. The minimum absolute atomic E-state index is 0.221. The Balaban J connectivity index is 2.19. The number of pyridine rings is 1. The van der Waals surface area contributed by atoms with Crippen LogP contribution in [0.15, 0.2) is 47.2 Å². The van der Waals surface area contributed by atoms with Crippen LogP contribution in [0.2, 0.25) is 0 Å². The van der Waals surface area contributed by atoms with Gasteiger partial charge in [-0.2, -0.15) is 0 Å². The maximum absolute atomic E-state index is 12.1. The lowest BCUT2D eigenvalue weighted by Gasteiger charge is -2.11. The molecule has 0 saturated carbocycles. The molecular weight excluding hydrogens is 308 g/mol. The fraction of sp³-hybridized carbons (Fsp3) is 0.143. The van der Waals surface area contributed by atoms with Crippen molar-refractivity contribution in [2.24, 2.45) is 0 Å². The van der Waals surface area contributed by atoms with Crippen LogP contribution >= 0.6 is 15.9 Å². The summed E-state index contributed by atoms with van der Waals surface area (Å²) in [6.45, 7) is 2.45. The van der Waals surface area contributed by atoms with Crippen LogP contribution in [0.5, 0.6) is 5.75 Å². The number of nitrogens with zero attached hydrogens (tertiary/aromatic N) is 1. The second-order valence-corrected chi connectivity index (χ2v) is 4.69. The lowest BCUT2D eigenvalue weighted by atomic mass is 10.2. The van der Waals surface area contributed by atoms with E-state index >= 15 is 0 Å². The summed E-state index contributed by atoms with van der Waals surface area (Å²) in [4.78, 5) is 16.1. The summed E-state index contributed by atoms with van der Waals surface area (Å²) in [5.74, 6) is 0.433. The molecule has 5 heteroatoms. The molecule has 2 rings (SSSR count). The molecular formula is C14H13BrN2O2. The highest BCUT2D eigenvalue weighted by atomic mass is 79.9. The molecule has 0 aliphatic rings. The molecule has 1 heterocycles. The SMILES string of the molecule is CCOc1ccccc1NC(=O)c1cncc(Br)c1. The molecule has 0 saturated heterocycles. The summed E-state index contributed by atoms with van der Waals surface area (Å²) in [5, 5.41) is 2.81. The summed E-state index contributed by atoms with van der Waals surface area (Å²) in [7, 11) is 0. The smallest absolute Gasteiger partial charge is 0.257 e. The van der Waals surface area contributed by atoms with Crippen LogP contribution in [0, 0.1) is 0 Å². The molecule has 0 aliphatic heterocycles. The van der Waals surface area contributed by atoms with Crippen LogP contribution in [0.1, 0.15) is 17.3 Å². The highest BCUT2D eigenvalue weighted by Crippen LogP contribution is 2.24. The van der Waals surface area contributed by atoms with Crippen molar-refractivity contribution in [3.05, 3.63) is 52.8 Å². The number of para-hydroxylation sites is 2. The van der Waals surface area contributed by atoms with E-state index in [1.54, 1.807) is 18.3 Å². The first kappa shape index (κ1) is 13.5. The zero-order valence-corrected chi connectivity index (χ0v) is 12.0. The van der Waals surface area contributed by atoms with Crippen molar-refractivity contribution in [1.82, 2.24) is 4.98 Å². The van der Waals surface area contributed by atoms with Gasteiger partial charge in [0.2, 0.25) is 0 Å². The molecule has 1 amide bonds. The highest BCUT2D eigenvalue weighted by Gasteiger charge is 2.10.